The predicted octanol–water partition coefficient (Wildman–Crippen LogP) is 2.16. The van der Waals surface area contributed by atoms with E-state index in [4.69, 9.17) is 10.2 Å². The van der Waals surface area contributed by atoms with Crippen LogP contribution in [-0.4, -0.2) is 22.2 Å². The van der Waals surface area contributed by atoms with Crippen LogP contribution in [0, 0.1) is 5.82 Å². The molecule has 0 saturated heterocycles. The predicted molar refractivity (Wildman–Crippen MR) is 58.9 cm³/mol. The van der Waals surface area contributed by atoms with Crippen LogP contribution >= 0.6 is 0 Å². The number of benzene rings is 1. The number of carbonyl (C=O) groups is 2. The van der Waals surface area contributed by atoms with Crippen LogP contribution in [0.5, 0.6) is 0 Å². The molecule has 1 aromatic rings. The highest BCUT2D eigenvalue weighted by Crippen LogP contribution is 2.13. The van der Waals surface area contributed by atoms with Crippen molar-refractivity contribution in [2.45, 2.75) is 12.8 Å². The summed E-state index contributed by atoms with van der Waals surface area (Å²) in [5.41, 5.74) is 0.339. The Kier molecular flexibility index (Phi) is 4.39. The largest absolute Gasteiger partial charge is 0.481 e. The van der Waals surface area contributed by atoms with Crippen LogP contribution in [0.1, 0.15) is 18.4 Å². The average Bonchev–Trinajstić information content (AvgIpc) is 2.23. The zero-order chi connectivity index (χ0) is 12.8. The van der Waals surface area contributed by atoms with Gasteiger partial charge in [-0.1, -0.05) is 12.1 Å². The molecule has 17 heavy (non-hydrogen) atoms. The molecule has 1 aromatic carbocycles. The number of carboxylic acid groups (broad SMARTS) is 2. The van der Waals surface area contributed by atoms with Crippen molar-refractivity contribution in [2.24, 2.45) is 0 Å². The summed E-state index contributed by atoms with van der Waals surface area (Å²) in [5, 5.41) is 17.3. The van der Waals surface area contributed by atoms with Gasteiger partial charge in [-0.2, -0.15) is 0 Å². The van der Waals surface area contributed by atoms with Crippen LogP contribution in [-0.2, 0) is 9.59 Å². The van der Waals surface area contributed by atoms with E-state index in [1.807, 2.05) is 0 Å². The highest BCUT2D eigenvalue weighted by molar-refractivity contribution is 5.92. The van der Waals surface area contributed by atoms with Gasteiger partial charge in [0.05, 0.1) is 0 Å². The Morgan fingerprint density at radius 2 is 1.94 bits per heavy atom. The SMILES string of the molecule is O=C(O)CC/C(=C\c1cccc(F)c1)C(=O)O. The molecule has 0 amide bonds. The van der Waals surface area contributed by atoms with Crippen molar-refractivity contribution in [1.82, 2.24) is 0 Å². The number of aliphatic carboxylic acids is 2. The molecule has 5 heteroatoms. The summed E-state index contributed by atoms with van der Waals surface area (Å²) < 4.78 is 12.9. The Balaban J connectivity index is 2.90. The van der Waals surface area contributed by atoms with Gasteiger partial charge in [0.25, 0.3) is 0 Å². The van der Waals surface area contributed by atoms with Gasteiger partial charge in [-0.25, -0.2) is 9.18 Å². The summed E-state index contributed by atoms with van der Waals surface area (Å²) >= 11 is 0. The molecule has 0 aliphatic rings. The van der Waals surface area contributed by atoms with Crippen molar-refractivity contribution in [3.63, 3.8) is 0 Å². The minimum atomic E-state index is -1.20. The second-order valence-electron chi connectivity index (χ2n) is 3.42. The molecule has 0 radical (unpaired) electrons. The van der Waals surface area contributed by atoms with Crippen LogP contribution < -0.4 is 0 Å². The van der Waals surface area contributed by atoms with Gasteiger partial charge in [0.1, 0.15) is 5.82 Å². The highest BCUT2D eigenvalue weighted by Gasteiger charge is 2.09. The van der Waals surface area contributed by atoms with E-state index in [0.717, 1.165) is 0 Å². The second kappa shape index (κ2) is 5.79. The first-order valence-corrected chi connectivity index (χ1v) is 4.90. The Hall–Kier alpha value is -2.17. The average molecular weight is 238 g/mol. The number of hydrogen-bond acceptors (Lipinski definition) is 2. The third kappa shape index (κ3) is 4.46. The molecule has 90 valence electrons. The fourth-order valence-corrected chi connectivity index (χ4v) is 1.28. The third-order valence-corrected chi connectivity index (χ3v) is 2.07. The van der Waals surface area contributed by atoms with E-state index in [2.05, 4.69) is 0 Å². The molecule has 0 heterocycles. The van der Waals surface area contributed by atoms with Crippen LogP contribution in [0.15, 0.2) is 29.8 Å². The maximum Gasteiger partial charge on any atom is 0.331 e. The third-order valence-electron chi connectivity index (χ3n) is 2.07. The molecular weight excluding hydrogens is 227 g/mol. The number of halogens is 1. The van der Waals surface area contributed by atoms with Crippen LogP contribution in [0.3, 0.4) is 0 Å². The van der Waals surface area contributed by atoms with Gasteiger partial charge in [0.15, 0.2) is 0 Å². The molecule has 0 fully saturated rings. The minimum Gasteiger partial charge on any atom is -0.481 e. The lowest BCUT2D eigenvalue weighted by molar-refractivity contribution is -0.137. The number of hydrogen-bond donors (Lipinski definition) is 2. The lowest BCUT2D eigenvalue weighted by Gasteiger charge is -2.01. The number of rotatable bonds is 5. The normalized spacial score (nSPS) is 11.2. The first kappa shape index (κ1) is 12.9. The van der Waals surface area contributed by atoms with Crippen molar-refractivity contribution in [1.29, 1.82) is 0 Å². The van der Waals surface area contributed by atoms with Crippen molar-refractivity contribution in [3.05, 3.63) is 41.2 Å². The van der Waals surface area contributed by atoms with Gasteiger partial charge in [-0.15, -0.1) is 0 Å². The first-order chi connectivity index (χ1) is 7.99. The molecule has 0 unspecified atom stereocenters. The maximum atomic E-state index is 12.9. The van der Waals surface area contributed by atoms with Crippen molar-refractivity contribution < 1.29 is 24.2 Å². The lowest BCUT2D eigenvalue weighted by Crippen LogP contribution is -2.04. The van der Waals surface area contributed by atoms with Gasteiger partial charge >= 0.3 is 11.9 Å². The zero-order valence-electron chi connectivity index (χ0n) is 8.89. The Bertz CT molecular complexity index is 465. The molecule has 0 aliphatic carbocycles. The molecule has 1 rings (SSSR count). The molecule has 0 saturated carbocycles. The molecule has 2 N–H and O–H groups in total. The summed E-state index contributed by atoms with van der Waals surface area (Å²) in [5.74, 6) is -2.74. The monoisotopic (exact) mass is 238 g/mol. The van der Waals surface area contributed by atoms with Crippen LogP contribution in [0.4, 0.5) is 4.39 Å². The van der Waals surface area contributed by atoms with Gasteiger partial charge in [0.2, 0.25) is 0 Å². The first-order valence-electron chi connectivity index (χ1n) is 4.90. The van der Waals surface area contributed by atoms with Crippen molar-refractivity contribution >= 4 is 18.0 Å². The van der Waals surface area contributed by atoms with E-state index in [0.29, 0.717) is 5.56 Å². The van der Waals surface area contributed by atoms with E-state index in [9.17, 15) is 14.0 Å². The van der Waals surface area contributed by atoms with Gasteiger partial charge < -0.3 is 10.2 Å². The highest BCUT2D eigenvalue weighted by atomic mass is 19.1. The van der Waals surface area contributed by atoms with E-state index >= 15 is 0 Å². The quantitative estimate of drug-likeness (QED) is 0.771. The molecule has 0 spiro atoms. The van der Waals surface area contributed by atoms with Gasteiger partial charge in [-0.05, 0) is 30.2 Å². The standard InChI is InChI=1S/C12H11FO4/c13-10-3-1-2-8(7-10)6-9(12(16)17)4-5-11(14)15/h1-3,6-7H,4-5H2,(H,14,15)(H,16,17)/b9-6+. The molecular formula is C12H11FO4. The summed E-state index contributed by atoms with van der Waals surface area (Å²) in [4.78, 5) is 21.2. The van der Waals surface area contributed by atoms with E-state index in [1.54, 1.807) is 6.07 Å². The Labute approximate surface area is 97.0 Å². The van der Waals surface area contributed by atoms with Crippen molar-refractivity contribution in [3.8, 4) is 0 Å². The van der Waals surface area contributed by atoms with E-state index in [1.165, 1.54) is 24.3 Å². The molecule has 0 aliphatic heterocycles. The number of carboxylic acids is 2. The van der Waals surface area contributed by atoms with Gasteiger partial charge in [0, 0.05) is 12.0 Å². The fraction of sp³-hybridized carbons (Fsp3) is 0.167. The van der Waals surface area contributed by atoms with Crippen LogP contribution in [0.2, 0.25) is 0 Å². The molecule has 0 atom stereocenters. The van der Waals surface area contributed by atoms with E-state index in [-0.39, 0.29) is 18.4 Å². The summed E-state index contributed by atoms with van der Waals surface area (Å²) in [6.07, 6.45) is 0.906. The Morgan fingerprint density at radius 1 is 1.24 bits per heavy atom. The Morgan fingerprint density at radius 3 is 2.47 bits per heavy atom. The minimum absolute atomic E-state index is 0.0574. The summed E-state index contributed by atoms with van der Waals surface area (Å²) in [7, 11) is 0. The zero-order valence-corrected chi connectivity index (χ0v) is 8.89. The lowest BCUT2D eigenvalue weighted by atomic mass is 10.1. The molecule has 0 bridgehead atoms. The van der Waals surface area contributed by atoms with Gasteiger partial charge in [-0.3, -0.25) is 4.79 Å². The fourth-order valence-electron chi connectivity index (χ4n) is 1.28. The van der Waals surface area contributed by atoms with Crippen LogP contribution in [0.25, 0.3) is 6.08 Å². The maximum absolute atomic E-state index is 12.9. The molecule has 4 nitrogen and oxygen atoms in total. The molecule has 0 aromatic heterocycles. The second-order valence-corrected chi connectivity index (χ2v) is 3.42. The smallest absolute Gasteiger partial charge is 0.331 e. The van der Waals surface area contributed by atoms with Crippen molar-refractivity contribution in [2.75, 3.05) is 0 Å². The summed E-state index contributed by atoms with van der Waals surface area (Å²) in [6, 6.07) is 5.43. The topological polar surface area (TPSA) is 74.6 Å². The van der Waals surface area contributed by atoms with E-state index < -0.39 is 17.8 Å². The summed E-state index contributed by atoms with van der Waals surface area (Å²) in [6.45, 7) is 0.